The predicted octanol–water partition coefficient (Wildman–Crippen LogP) is 0.535. The number of hydrogen-bond donors (Lipinski definition) is 3. The molecule has 0 radical (unpaired) electrons. The Morgan fingerprint density at radius 1 is 1.24 bits per heavy atom. The zero-order valence-electron chi connectivity index (χ0n) is 8.53. The van der Waals surface area contributed by atoms with Crippen molar-refractivity contribution in [3.8, 4) is 11.5 Å². The molecule has 86 valence electrons. The summed E-state index contributed by atoms with van der Waals surface area (Å²) in [6.45, 7) is 0. The first-order chi connectivity index (χ1) is 8.16. The van der Waals surface area contributed by atoms with E-state index in [2.05, 4.69) is 20.5 Å². The third-order valence-corrected chi connectivity index (χ3v) is 1.93. The molecule has 1 aromatic heterocycles. The Morgan fingerprint density at radius 2 is 2.06 bits per heavy atom. The number of amides is 1. The van der Waals surface area contributed by atoms with Crippen LogP contribution in [0, 0.1) is 0 Å². The fourth-order valence-corrected chi connectivity index (χ4v) is 1.19. The molecule has 1 amide bonds. The van der Waals surface area contributed by atoms with E-state index >= 15 is 0 Å². The van der Waals surface area contributed by atoms with Crippen molar-refractivity contribution in [3.63, 3.8) is 0 Å². The van der Waals surface area contributed by atoms with E-state index < -0.39 is 5.91 Å². The molecule has 1 aromatic carbocycles. The van der Waals surface area contributed by atoms with Crippen molar-refractivity contribution in [1.29, 1.82) is 0 Å². The molecule has 0 saturated carbocycles. The largest absolute Gasteiger partial charge is 0.508 e. The standard InChI is InChI=1S/C10H8N4O3/c15-6-1-2-7(8(16)5-6)9(17)13-10-11-3-4-12-14-10/h1-5,15-16H,(H,11,13,14,17). The summed E-state index contributed by atoms with van der Waals surface area (Å²) in [7, 11) is 0. The molecule has 0 unspecified atom stereocenters. The van der Waals surface area contributed by atoms with E-state index in [0.29, 0.717) is 0 Å². The van der Waals surface area contributed by atoms with Gasteiger partial charge in [0.1, 0.15) is 11.5 Å². The maximum absolute atomic E-state index is 11.7. The monoisotopic (exact) mass is 232 g/mol. The number of aromatic nitrogens is 3. The second kappa shape index (κ2) is 4.44. The van der Waals surface area contributed by atoms with Crippen LogP contribution in [0.4, 0.5) is 5.95 Å². The lowest BCUT2D eigenvalue weighted by Gasteiger charge is -2.04. The van der Waals surface area contributed by atoms with Crippen LogP contribution < -0.4 is 5.32 Å². The second-order valence-corrected chi connectivity index (χ2v) is 3.12. The molecule has 0 aliphatic carbocycles. The predicted molar refractivity (Wildman–Crippen MR) is 57.6 cm³/mol. The lowest BCUT2D eigenvalue weighted by Crippen LogP contribution is -2.14. The molecule has 0 atom stereocenters. The fourth-order valence-electron chi connectivity index (χ4n) is 1.19. The third kappa shape index (κ3) is 2.46. The Labute approximate surface area is 95.8 Å². The minimum Gasteiger partial charge on any atom is -0.508 e. The van der Waals surface area contributed by atoms with Crippen molar-refractivity contribution in [3.05, 3.63) is 36.2 Å². The molecular formula is C10H8N4O3. The molecule has 0 spiro atoms. The molecule has 1 heterocycles. The van der Waals surface area contributed by atoms with Crippen molar-refractivity contribution >= 4 is 11.9 Å². The van der Waals surface area contributed by atoms with Crippen LogP contribution in [0.5, 0.6) is 11.5 Å². The van der Waals surface area contributed by atoms with Gasteiger partial charge in [-0.15, -0.1) is 5.10 Å². The molecule has 0 saturated heterocycles. The summed E-state index contributed by atoms with van der Waals surface area (Å²) < 4.78 is 0. The van der Waals surface area contributed by atoms with Gasteiger partial charge in [0.2, 0.25) is 5.95 Å². The van der Waals surface area contributed by atoms with E-state index in [4.69, 9.17) is 5.11 Å². The first kappa shape index (κ1) is 10.8. The highest BCUT2D eigenvalue weighted by atomic mass is 16.3. The molecule has 7 nitrogen and oxygen atoms in total. The first-order valence-electron chi connectivity index (χ1n) is 4.64. The van der Waals surface area contributed by atoms with Crippen molar-refractivity contribution < 1.29 is 15.0 Å². The normalized spacial score (nSPS) is 9.88. The smallest absolute Gasteiger partial charge is 0.261 e. The molecule has 3 N–H and O–H groups in total. The summed E-state index contributed by atoms with van der Waals surface area (Å²) in [5.74, 6) is -1.01. The Kier molecular flexibility index (Phi) is 2.82. The summed E-state index contributed by atoms with van der Waals surface area (Å²) in [5, 5.41) is 28.0. The molecule has 0 bridgehead atoms. The number of carbonyl (C=O) groups is 1. The minimum absolute atomic E-state index is 0.00949. The van der Waals surface area contributed by atoms with E-state index in [-0.39, 0.29) is 23.0 Å². The van der Waals surface area contributed by atoms with Crippen LogP contribution in [-0.4, -0.2) is 31.3 Å². The van der Waals surface area contributed by atoms with Crippen LogP contribution in [0.3, 0.4) is 0 Å². The number of anilines is 1. The van der Waals surface area contributed by atoms with Gasteiger partial charge in [-0.3, -0.25) is 10.1 Å². The zero-order chi connectivity index (χ0) is 12.3. The van der Waals surface area contributed by atoms with Crippen LogP contribution >= 0.6 is 0 Å². The Hall–Kier alpha value is -2.70. The number of benzene rings is 1. The lowest BCUT2D eigenvalue weighted by atomic mass is 10.2. The van der Waals surface area contributed by atoms with Crippen molar-refractivity contribution in [2.45, 2.75) is 0 Å². The van der Waals surface area contributed by atoms with Gasteiger partial charge in [-0.1, -0.05) is 0 Å². The number of rotatable bonds is 2. The van der Waals surface area contributed by atoms with Crippen molar-refractivity contribution in [2.75, 3.05) is 5.32 Å². The van der Waals surface area contributed by atoms with Gasteiger partial charge in [-0.25, -0.2) is 4.98 Å². The third-order valence-electron chi connectivity index (χ3n) is 1.93. The number of aromatic hydroxyl groups is 2. The molecule has 0 fully saturated rings. The van der Waals surface area contributed by atoms with Crippen LogP contribution in [-0.2, 0) is 0 Å². The maximum atomic E-state index is 11.7. The van der Waals surface area contributed by atoms with Crippen LogP contribution in [0.15, 0.2) is 30.6 Å². The average Bonchev–Trinajstić information content (AvgIpc) is 2.30. The van der Waals surface area contributed by atoms with E-state index in [1.54, 1.807) is 0 Å². The van der Waals surface area contributed by atoms with Gasteiger partial charge in [0.05, 0.1) is 18.0 Å². The van der Waals surface area contributed by atoms with E-state index in [0.717, 1.165) is 6.07 Å². The van der Waals surface area contributed by atoms with Gasteiger partial charge in [0.15, 0.2) is 0 Å². The van der Waals surface area contributed by atoms with Crippen molar-refractivity contribution in [1.82, 2.24) is 15.2 Å². The Morgan fingerprint density at radius 3 is 2.71 bits per heavy atom. The van der Waals surface area contributed by atoms with Crippen LogP contribution in [0.1, 0.15) is 10.4 Å². The summed E-state index contributed by atoms with van der Waals surface area (Å²) >= 11 is 0. The minimum atomic E-state index is -0.587. The summed E-state index contributed by atoms with van der Waals surface area (Å²) in [4.78, 5) is 15.4. The molecule has 0 aliphatic heterocycles. The highest BCUT2D eigenvalue weighted by Crippen LogP contribution is 2.22. The highest BCUT2D eigenvalue weighted by Gasteiger charge is 2.12. The van der Waals surface area contributed by atoms with Gasteiger partial charge >= 0.3 is 0 Å². The number of hydrogen-bond acceptors (Lipinski definition) is 6. The molecular weight excluding hydrogens is 224 g/mol. The van der Waals surface area contributed by atoms with E-state index in [1.165, 1.54) is 24.5 Å². The topological polar surface area (TPSA) is 108 Å². The van der Waals surface area contributed by atoms with Gasteiger partial charge in [0, 0.05) is 6.07 Å². The van der Waals surface area contributed by atoms with Gasteiger partial charge in [-0.2, -0.15) is 5.10 Å². The van der Waals surface area contributed by atoms with Crippen LogP contribution in [0.2, 0.25) is 0 Å². The molecule has 7 heteroatoms. The second-order valence-electron chi connectivity index (χ2n) is 3.12. The number of phenolic OH excluding ortho intramolecular Hbond substituents is 2. The number of nitrogens with zero attached hydrogens (tertiary/aromatic N) is 3. The van der Waals surface area contributed by atoms with E-state index in [9.17, 15) is 9.90 Å². The number of nitrogens with one attached hydrogen (secondary N) is 1. The summed E-state index contributed by atoms with van der Waals surface area (Å²) in [6, 6.07) is 3.65. The SMILES string of the molecule is O=C(Nc1nccnn1)c1ccc(O)cc1O. The van der Waals surface area contributed by atoms with Crippen molar-refractivity contribution in [2.24, 2.45) is 0 Å². The summed E-state index contributed by atoms with van der Waals surface area (Å²) in [5.41, 5.74) is 0.00949. The zero-order valence-corrected chi connectivity index (χ0v) is 8.53. The Balaban J connectivity index is 2.21. The van der Waals surface area contributed by atoms with Gasteiger partial charge in [0.25, 0.3) is 5.91 Å². The maximum Gasteiger partial charge on any atom is 0.261 e. The van der Waals surface area contributed by atoms with Crippen LogP contribution in [0.25, 0.3) is 0 Å². The number of carbonyl (C=O) groups excluding carboxylic acids is 1. The van der Waals surface area contributed by atoms with E-state index in [1.807, 2.05) is 0 Å². The fraction of sp³-hybridized carbons (Fsp3) is 0. The first-order valence-corrected chi connectivity index (χ1v) is 4.64. The summed E-state index contributed by atoms with van der Waals surface area (Å²) in [6.07, 6.45) is 2.74. The lowest BCUT2D eigenvalue weighted by molar-refractivity contribution is 0.102. The molecule has 2 aromatic rings. The van der Waals surface area contributed by atoms with Gasteiger partial charge in [-0.05, 0) is 12.1 Å². The van der Waals surface area contributed by atoms with Gasteiger partial charge < -0.3 is 10.2 Å². The molecule has 2 rings (SSSR count). The molecule has 0 aliphatic rings. The Bertz CT molecular complexity index is 545. The molecule has 17 heavy (non-hydrogen) atoms. The highest BCUT2D eigenvalue weighted by molar-refractivity contribution is 6.05. The number of phenols is 2. The average molecular weight is 232 g/mol. The quantitative estimate of drug-likeness (QED) is 0.697.